The summed E-state index contributed by atoms with van der Waals surface area (Å²) >= 11 is 9.66. The standard InChI is InChI=1S/C14H12BrClFN/c1-18-14-10(12(16)7-6-11(14)15)8-9-4-2-3-5-13(9)17/h2-7,18H,8H2,1H3. The van der Waals surface area contributed by atoms with Gasteiger partial charge < -0.3 is 5.32 Å². The van der Waals surface area contributed by atoms with Crippen molar-refractivity contribution in [3.8, 4) is 0 Å². The monoisotopic (exact) mass is 327 g/mol. The van der Waals surface area contributed by atoms with Crippen molar-refractivity contribution in [1.82, 2.24) is 0 Å². The fraction of sp³-hybridized carbons (Fsp3) is 0.143. The molecular formula is C14H12BrClFN. The Morgan fingerprint density at radius 1 is 1.22 bits per heavy atom. The smallest absolute Gasteiger partial charge is 0.126 e. The van der Waals surface area contributed by atoms with E-state index in [1.54, 1.807) is 12.1 Å². The molecule has 2 aromatic carbocycles. The lowest BCUT2D eigenvalue weighted by molar-refractivity contribution is 0.614. The van der Waals surface area contributed by atoms with Crippen LogP contribution in [0.2, 0.25) is 5.02 Å². The van der Waals surface area contributed by atoms with Crippen molar-refractivity contribution >= 4 is 33.2 Å². The average Bonchev–Trinajstić information content (AvgIpc) is 2.37. The van der Waals surface area contributed by atoms with Crippen molar-refractivity contribution in [3.63, 3.8) is 0 Å². The molecule has 0 saturated heterocycles. The van der Waals surface area contributed by atoms with Crippen LogP contribution < -0.4 is 5.32 Å². The first-order chi connectivity index (χ1) is 8.63. The van der Waals surface area contributed by atoms with Gasteiger partial charge in [0.15, 0.2) is 0 Å². The molecule has 18 heavy (non-hydrogen) atoms. The lowest BCUT2D eigenvalue weighted by atomic mass is 10.0. The third-order valence-electron chi connectivity index (χ3n) is 2.78. The van der Waals surface area contributed by atoms with E-state index in [9.17, 15) is 4.39 Å². The van der Waals surface area contributed by atoms with Crippen LogP contribution in [-0.2, 0) is 6.42 Å². The van der Waals surface area contributed by atoms with Gasteiger partial charge in [-0.15, -0.1) is 0 Å². The Balaban J connectivity index is 2.46. The van der Waals surface area contributed by atoms with Gasteiger partial charge in [0.2, 0.25) is 0 Å². The summed E-state index contributed by atoms with van der Waals surface area (Å²) < 4.78 is 14.6. The van der Waals surface area contributed by atoms with Gasteiger partial charge in [-0.25, -0.2) is 4.39 Å². The van der Waals surface area contributed by atoms with Crippen LogP contribution in [0.1, 0.15) is 11.1 Å². The van der Waals surface area contributed by atoms with E-state index < -0.39 is 0 Å². The molecule has 0 aliphatic heterocycles. The van der Waals surface area contributed by atoms with Crippen LogP contribution >= 0.6 is 27.5 Å². The van der Waals surface area contributed by atoms with Gasteiger partial charge in [0, 0.05) is 23.0 Å². The second-order valence-electron chi connectivity index (χ2n) is 3.90. The predicted octanol–water partition coefficient (Wildman–Crippen LogP) is 4.87. The quantitative estimate of drug-likeness (QED) is 0.847. The van der Waals surface area contributed by atoms with Crippen LogP contribution in [0.5, 0.6) is 0 Å². The zero-order valence-electron chi connectivity index (χ0n) is 9.81. The van der Waals surface area contributed by atoms with Gasteiger partial charge >= 0.3 is 0 Å². The molecule has 0 unspecified atom stereocenters. The molecule has 2 aromatic rings. The fourth-order valence-corrected chi connectivity index (χ4v) is 2.66. The van der Waals surface area contributed by atoms with Crippen LogP contribution in [0.15, 0.2) is 40.9 Å². The molecule has 0 heterocycles. The van der Waals surface area contributed by atoms with Crippen molar-refractivity contribution < 1.29 is 4.39 Å². The zero-order valence-corrected chi connectivity index (χ0v) is 12.1. The van der Waals surface area contributed by atoms with E-state index in [1.165, 1.54) is 6.07 Å². The highest BCUT2D eigenvalue weighted by atomic mass is 79.9. The summed E-state index contributed by atoms with van der Waals surface area (Å²) in [5, 5.41) is 3.72. The van der Waals surface area contributed by atoms with Gasteiger partial charge in [-0.3, -0.25) is 0 Å². The summed E-state index contributed by atoms with van der Waals surface area (Å²) in [6.45, 7) is 0. The third-order valence-corrected chi connectivity index (χ3v) is 3.79. The van der Waals surface area contributed by atoms with E-state index in [0.29, 0.717) is 17.0 Å². The molecule has 0 atom stereocenters. The molecule has 2 rings (SSSR count). The maximum absolute atomic E-state index is 13.7. The van der Waals surface area contributed by atoms with Crippen molar-refractivity contribution in [3.05, 3.63) is 62.8 Å². The van der Waals surface area contributed by atoms with E-state index in [4.69, 9.17) is 11.6 Å². The largest absolute Gasteiger partial charge is 0.387 e. The maximum atomic E-state index is 13.7. The molecule has 1 N–H and O–H groups in total. The lowest BCUT2D eigenvalue weighted by Gasteiger charge is -2.13. The van der Waals surface area contributed by atoms with E-state index in [0.717, 1.165) is 15.7 Å². The number of halogens is 3. The summed E-state index contributed by atoms with van der Waals surface area (Å²) in [4.78, 5) is 0. The molecule has 0 radical (unpaired) electrons. The molecule has 0 aliphatic rings. The normalized spacial score (nSPS) is 10.4. The zero-order chi connectivity index (χ0) is 13.1. The van der Waals surface area contributed by atoms with E-state index in [2.05, 4.69) is 21.2 Å². The highest BCUT2D eigenvalue weighted by molar-refractivity contribution is 9.10. The van der Waals surface area contributed by atoms with Crippen molar-refractivity contribution in [2.45, 2.75) is 6.42 Å². The second kappa shape index (κ2) is 5.72. The number of hydrogen-bond donors (Lipinski definition) is 1. The molecule has 0 amide bonds. The minimum absolute atomic E-state index is 0.212. The highest BCUT2D eigenvalue weighted by Gasteiger charge is 2.12. The van der Waals surface area contributed by atoms with Crippen LogP contribution in [0.25, 0.3) is 0 Å². The fourth-order valence-electron chi connectivity index (χ4n) is 1.87. The molecule has 0 aliphatic carbocycles. The summed E-state index contributed by atoms with van der Waals surface area (Å²) in [5.74, 6) is -0.212. The van der Waals surface area contributed by atoms with Crippen LogP contribution in [0, 0.1) is 5.82 Å². The molecule has 0 fully saturated rings. The summed E-state index contributed by atoms with van der Waals surface area (Å²) in [6, 6.07) is 10.4. The number of anilines is 1. The molecule has 0 aromatic heterocycles. The Morgan fingerprint density at radius 2 is 1.94 bits per heavy atom. The van der Waals surface area contributed by atoms with Crippen LogP contribution in [0.4, 0.5) is 10.1 Å². The van der Waals surface area contributed by atoms with Gasteiger partial charge in [-0.05, 0) is 45.3 Å². The molecule has 0 spiro atoms. The maximum Gasteiger partial charge on any atom is 0.126 e. The van der Waals surface area contributed by atoms with Gasteiger partial charge in [-0.1, -0.05) is 29.8 Å². The lowest BCUT2D eigenvalue weighted by Crippen LogP contribution is -2.00. The summed E-state index contributed by atoms with van der Waals surface area (Å²) in [5.41, 5.74) is 2.42. The Kier molecular flexibility index (Phi) is 4.25. The Labute approximate surface area is 119 Å². The first kappa shape index (κ1) is 13.4. The first-order valence-electron chi connectivity index (χ1n) is 5.51. The molecule has 4 heteroatoms. The van der Waals surface area contributed by atoms with Gasteiger partial charge in [0.1, 0.15) is 5.82 Å². The second-order valence-corrected chi connectivity index (χ2v) is 5.16. The molecule has 94 valence electrons. The molecule has 0 saturated carbocycles. The van der Waals surface area contributed by atoms with E-state index in [1.807, 2.05) is 25.2 Å². The number of hydrogen-bond acceptors (Lipinski definition) is 1. The predicted molar refractivity (Wildman–Crippen MR) is 77.9 cm³/mol. The summed E-state index contributed by atoms with van der Waals surface area (Å²) in [7, 11) is 1.82. The molecule has 0 bridgehead atoms. The van der Waals surface area contributed by atoms with Crippen molar-refractivity contribution in [1.29, 1.82) is 0 Å². The Bertz CT molecular complexity index is 572. The van der Waals surface area contributed by atoms with Crippen molar-refractivity contribution in [2.24, 2.45) is 0 Å². The van der Waals surface area contributed by atoms with Gasteiger partial charge in [-0.2, -0.15) is 0 Å². The van der Waals surface area contributed by atoms with Crippen molar-refractivity contribution in [2.75, 3.05) is 12.4 Å². The van der Waals surface area contributed by atoms with Crippen LogP contribution in [-0.4, -0.2) is 7.05 Å². The Morgan fingerprint density at radius 3 is 2.61 bits per heavy atom. The van der Waals surface area contributed by atoms with Crippen LogP contribution in [0.3, 0.4) is 0 Å². The molecule has 1 nitrogen and oxygen atoms in total. The number of rotatable bonds is 3. The van der Waals surface area contributed by atoms with E-state index in [-0.39, 0.29) is 5.82 Å². The Hall–Kier alpha value is -1.06. The number of benzene rings is 2. The van der Waals surface area contributed by atoms with Gasteiger partial charge in [0.25, 0.3) is 0 Å². The third kappa shape index (κ3) is 2.68. The summed E-state index contributed by atoms with van der Waals surface area (Å²) in [6.07, 6.45) is 0.459. The minimum atomic E-state index is -0.212. The topological polar surface area (TPSA) is 12.0 Å². The van der Waals surface area contributed by atoms with Gasteiger partial charge in [0.05, 0.1) is 5.69 Å². The SMILES string of the molecule is CNc1c(Br)ccc(Cl)c1Cc1ccccc1F. The number of nitrogens with one attached hydrogen (secondary N) is 1. The highest BCUT2D eigenvalue weighted by Crippen LogP contribution is 2.33. The first-order valence-corrected chi connectivity index (χ1v) is 6.68. The molecular weight excluding hydrogens is 317 g/mol. The minimum Gasteiger partial charge on any atom is -0.387 e. The average molecular weight is 329 g/mol. The van der Waals surface area contributed by atoms with E-state index >= 15 is 0 Å².